The molecule has 0 aliphatic rings. The van der Waals surface area contributed by atoms with Gasteiger partial charge >= 0.3 is 0 Å². The van der Waals surface area contributed by atoms with Crippen LogP contribution in [0.25, 0.3) is 87.6 Å². The molecule has 214 valence electrons. The van der Waals surface area contributed by atoms with Crippen molar-refractivity contribution in [2.24, 2.45) is 0 Å². The average molecular weight is 583 g/mol. The van der Waals surface area contributed by atoms with E-state index < -0.39 is 0 Å². The van der Waals surface area contributed by atoms with Crippen molar-refractivity contribution in [1.29, 1.82) is 0 Å². The normalized spacial score (nSPS) is 11.5. The van der Waals surface area contributed by atoms with Crippen molar-refractivity contribution in [1.82, 2.24) is 0 Å². The minimum atomic E-state index is 1.22. The lowest BCUT2D eigenvalue weighted by Crippen LogP contribution is -1.93. The topological polar surface area (TPSA) is 0 Å². The number of benzene rings is 9. The molecule has 0 unspecified atom stereocenters. The van der Waals surface area contributed by atoms with Crippen molar-refractivity contribution in [3.63, 3.8) is 0 Å². The van der Waals surface area contributed by atoms with Gasteiger partial charge in [-0.15, -0.1) is 0 Å². The van der Waals surface area contributed by atoms with Crippen LogP contribution in [-0.4, -0.2) is 0 Å². The van der Waals surface area contributed by atoms with E-state index in [4.69, 9.17) is 0 Å². The first kappa shape index (κ1) is 26.4. The van der Waals surface area contributed by atoms with Crippen LogP contribution in [0.5, 0.6) is 0 Å². The van der Waals surface area contributed by atoms with Gasteiger partial charge < -0.3 is 0 Å². The average Bonchev–Trinajstić information content (AvgIpc) is 3.13. The van der Waals surface area contributed by atoms with Crippen molar-refractivity contribution < 1.29 is 0 Å². The van der Waals surface area contributed by atoms with Crippen molar-refractivity contribution in [3.8, 4) is 44.5 Å². The largest absolute Gasteiger partial charge is 0.0622 e. The molecule has 0 heterocycles. The fraction of sp³-hybridized carbons (Fsp3) is 0. The first-order valence-electron chi connectivity index (χ1n) is 15.9. The molecule has 9 aromatic rings. The zero-order valence-electron chi connectivity index (χ0n) is 25.3. The van der Waals surface area contributed by atoms with Gasteiger partial charge in [0.1, 0.15) is 0 Å². The lowest BCUT2D eigenvalue weighted by Gasteiger charge is -2.20. The molecule has 0 aliphatic carbocycles. The summed E-state index contributed by atoms with van der Waals surface area (Å²) < 4.78 is 0. The Bertz CT molecular complexity index is 2520. The summed E-state index contributed by atoms with van der Waals surface area (Å²) in [5.41, 5.74) is 9.97. The van der Waals surface area contributed by atoms with Crippen LogP contribution in [-0.2, 0) is 0 Å². The van der Waals surface area contributed by atoms with Gasteiger partial charge in [0.25, 0.3) is 0 Å². The Kier molecular flexibility index (Phi) is 6.25. The molecule has 0 radical (unpaired) electrons. The van der Waals surface area contributed by atoms with Gasteiger partial charge in [-0.05, 0) is 112 Å². The van der Waals surface area contributed by atoms with E-state index in [1.165, 1.54) is 87.6 Å². The molecule has 0 aliphatic heterocycles. The Morgan fingerprint density at radius 3 is 1.39 bits per heavy atom. The summed E-state index contributed by atoms with van der Waals surface area (Å²) in [6.45, 7) is 0. The van der Waals surface area contributed by atoms with Gasteiger partial charge in [0.2, 0.25) is 0 Å². The Labute approximate surface area is 268 Å². The molecule has 0 nitrogen and oxygen atoms in total. The van der Waals surface area contributed by atoms with E-state index in [0.29, 0.717) is 0 Å². The molecule has 9 aromatic carbocycles. The highest BCUT2D eigenvalue weighted by molar-refractivity contribution is 6.22. The van der Waals surface area contributed by atoms with Crippen LogP contribution in [0.2, 0.25) is 0 Å². The highest BCUT2D eigenvalue weighted by Crippen LogP contribution is 2.46. The van der Waals surface area contributed by atoms with Crippen LogP contribution >= 0.6 is 0 Å². The minimum Gasteiger partial charge on any atom is -0.0622 e. The van der Waals surface area contributed by atoms with E-state index in [9.17, 15) is 0 Å². The number of rotatable bonds is 4. The first-order valence-corrected chi connectivity index (χ1v) is 15.9. The predicted molar refractivity (Wildman–Crippen MR) is 198 cm³/mol. The van der Waals surface area contributed by atoms with Gasteiger partial charge in [-0.1, -0.05) is 158 Å². The number of hydrogen-bond acceptors (Lipinski definition) is 0. The van der Waals surface area contributed by atoms with Gasteiger partial charge in [-0.3, -0.25) is 0 Å². The second-order valence-electron chi connectivity index (χ2n) is 12.1. The highest BCUT2D eigenvalue weighted by atomic mass is 14.2. The second kappa shape index (κ2) is 10.9. The Hall–Kier alpha value is -5.98. The van der Waals surface area contributed by atoms with E-state index in [0.717, 1.165) is 0 Å². The first-order chi connectivity index (χ1) is 22.8. The van der Waals surface area contributed by atoms with E-state index in [-0.39, 0.29) is 0 Å². The van der Waals surface area contributed by atoms with Crippen molar-refractivity contribution in [2.45, 2.75) is 0 Å². The monoisotopic (exact) mass is 582 g/mol. The lowest BCUT2D eigenvalue weighted by molar-refractivity contribution is 1.60. The summed E-state index contributed by atoms with van der Waals surface area (Å²) in [7, 11) is 0. The number of hydrogen-bond donors (Lipinski definition) is 0. The summed E-state index contributed by atoms with van der Waals surface area (Å²) in [5.74, 6) is 0. The maximum absolute atomic E-state index is 2.37. The molecular formula is C46H30. The summed E-state index contributed by atoms with van der Waals surface area (Å²) >= 11 is 0. The third-order valence-electron chi connectivity index (χ3n) is 9.40. The molecule has 0 fully saturated rings. The summed E-state index contributed by atoms with van der Waals surface area (Å²) in [5, 5.41) is 10.1. The third-order valence-corrected chi connectivity index (χ3v) is 9.40. The molecule has 0 bridgehead atoms. The molecular weight excluding hydrogens is 553 g/mol. The SMILES string of the molecule is c1ccc(-c2ccccc2-c2c3ccccc3c(-c3cccc(-c4ccc5cc6ccccc6cc5c4)c3)c3ccccc23)cc1. The summed E-state index contributed by atoms with van der Waals surface area (Å²) in [4.78, 5) is 0. The Balaban J connectivity index is 1.27. The van der Waals surface area contributed by atoms with Crippen molar-refractivity contribution >= 4 is 43.1 Å². The van der Waals surface area contributed by atoms with Crippen LogP contribution in [0.4, 0.5) is 0 Å². The quantitative estimate of drug-likeness (QED) is 0.181. The van der Waals surface area contributed by atoms with Crippen LogP contribution in [0.15, 0.2) is 182 Å². The summed E-state index contributed by atoms with van der Waals surface area (Å²) in [6, 6.07) is 66.6. The molecule has 0 aromatic heterocycles. The maximum atomic E-state index is 2.37. The Morgan fingerprint density at radius 1 is 0.217 bits per heavy atom. The minimum absolute atomic E-state index is 1.22. The molecule has 46 heavy (non-hydrogen) atoms. The van der Waals surface area contributed by atoms with Gasteiger partial charge in [0.15, 0.2) is 0 Å². The van der Waals surface area contributed by atoms with Crippen LogP contribution in [0.1, 0.15) is 0 Å². The third kappa shape index (κ3) is 4.38. The highest BCUT2D eigenvalue weighted by Gasteiger charge is 2.19. The maximum Gasteiger partial charge on any atom is -0.00201 e. The van der Waals surface area contributed by atoms with Gasteiger partial charge in [-0.2, -0.15) is 0 Å². The van der Waals surface area contributed by atoms with Crippen molar-refractivity contribution in [3.05, 3.63) is 182 Å². The molecule has 0 amide bonds. The van der Waals surface area contributed by atoms with Gasteiger partial charge in [-0.25, -0.2) is 0 Å². The molecule has 0 saturated carbocycles. The second-order valence-corrected chi connectivity index (χ2v) is 12.1. The fourth-order valence-corrected chi connectivity index (χ4v) is 7.27. The zero-order chi connectivity index (χ0) is 30.5. The van der Waals surface area contributed by atoms with E-state index in [1.807, 2.05) is 0 Å². The van der Waals surface area contributed by atoms with E-state index in [2.05, 4.69) is 182 Å². The van der Waals surface area contributed by atoms with Crippen LogP contribution in [0.3, 0.4) is 0 Å². The van der Waals surface area contributed by atoms with E-state index in [1.54, 1.807) is 0 Å². The van der Waals surface area contributed by atoms with Gasteiger partial charge in [0, 0.05) is 0 Å². The molecule has 0 spiro atoms. The smallest absolute Gasteiger partial charge is 0.00201 e. The zero-order valence-corrected chi connectivity index (χ0v) is 25.3. The standard InChI is InChI=1S/C46H30/c1-2-13-31(14-3-1)39-19-6-7-20-40(39)46-43-23-10-8-21-41(43)45(42-22-9-11-24-44(42)46)37-18-12-17-34(28-37)35-25-26-36-27-32-15-4-5-16-33(32)29-38(36)30-35/h1-30H. The Morgan fingerprint density at radius 2 is 0.696 bits per heavy atom. The van der Waals surface area contributed by atoms with Gasteiger partial charge in [0.05, 0.1) is 0 Å². The molecule has 0 N–H and O–H groups in total. The molecule has 0 atom stereocenters. The fourth-order valence-electron chi connectivity index (χ4n) is 7.27. The molecule has 0 saturated heterocycles. The lowest BCUT2D eigenvalue weighted by atomic mass is 9.83. The number of fused-ring (bicyclic) bond motifs is 4. The summed E-state index contributed by atoms with van der Waals surface area (Å²) in [6.07, 6.45) is 0. The van der Waals surface area contributed by atoms with Crippen LogP contribution in [0, 0.1) is 0 Å². The van der Waals surface area contributed by atoms with Crippen LogP contribution < -0.4 is 0 Å². The van der Waals surface area contributed by atoms with Crippen molar-refractivity contribution in [2.75, 3.05) is 0 Å². The van der Waals surface area contributed by atoms with E-state index >= 15 is 0 Å². The molecule has 9 rings (SSSR count). The predicted octanol–water partition coefficient (Wildman–Crippen LogP) is 13.0. The molecule has 0 heteroatoms.